The Kier molecular flexibility index (Phi) is 7.24. The summed E-state index contributed by atoms with van der Waals surface area (Å²) in [6, 6.07) is 17.5. The number of rotatable bonds is 4. The van der Waals surface area contributed by atoms with Crippen molar-refractivity contribution in [2.45, 2.75) is 52.3 Å². The Labute approximate surface area is 153 Å². The SMILES string of the molecule is BCCc1ccc2ccccc2c1.CC(C)c1cncc(C(C)C)c1. The first kappa shape index (κ1) is 19.2. The molecule has 0 amide bonds. The van der Waals surface area contributed by atoms with Crippen LogP contribution in [-0.4, -0.2) is 12.8 Å². The van der Waals surface area contributed by atoms with Crippen molar-refractivity contribution in [3.05, 3.63) is 77.6 Å². The second-order valence-corrected chi connectivity index (χ2v) is 7.29. The fourth-order valence-corrected chi connectivity index (χ4v) is 2.79. The van der Waals surface area contributed by atoms with Gasteiger partial charge in [-0.15, -0.1) is 0 Å². The van der Waals surface area contributed by atoms with E-state index in [0.29, 0.717) is 11.8 Å². The summed E-state index contributed by atoms with van der Waals surface area (Å²) in [5.74, 6) is 1.16. The highest BCUT2D eigenvalue weighted by atomic mass is 14.6. The van der Waals surface area contributed by atoms with Gasteiger partial charge in [-0.2, -0.15) is 0 Å². The van der Waals surface area contributed by atoms with Crippen molar-refractivity contribution in [1.82, 2.24) is 4.98 Å². The second kappa shape index (κ2) is 9.41. The minimum Gasteiger partial charge on any atom is -0.264 e. The maximum Gasteiger partial charge on any atom is 0.101 e. The molecule has 0 N–H and O–H groups in total. The third kappa shape index (κ3) is 5.74. The van der Waals surface area contributed by atoms with Gasteiger partial charge in [0.25, 0.3) is 0 Å². The minimum atomic E-state index is 0.580. The first-order valence-electron chi connectivity index (χ1n) is 9.43. The number of fused-ring (bicyclic) bond motifs is 1. The van der Waals surface area contributed by atoms with Gasteiger partial charge in [-0.25, -0.2) is 0 Å². The molecule has 1 nitrogen and oxygen atoms in total. The number of benzene rings is 2. The molecule has 2 heteroatoms. The summed E-state index contributed by atoms with van der Waals surface area (Å²) in [4.78, 5) is 4.23. The van der Waals surface area contributed by atoms with Gasteiger partial charge in [0.1, 0.15) is 7.85 Å². The number of aryl methyl sites for hydroxylation is 1. The molecule has 0 atom stereocenters. The van der Waals surface area contributed by atoms with Crippen LogP contribution >= 0.6 is 0 Å². The van der Waals surface area contributed by atoms with E-state index in [-0.39, 0.29) is 0 Å². The van der Waals surface area contributed by atoms with E-state index in [1.165, 1.54) is 40.2 Å². The number of hydrogen-bond donors (Lipinski definition) is 0. The Balaban J connectivity index is 0.000000181. The van der Waals surface area contributed by atoms with Crippen molar-refractivity contribution in [3.8, 4) is 0 Å². The van der Waals surface area contributed by atoms with E-state index in [0.717, 1.165) is 0 Å². The van der Waals surface area contributed by atoms with Crippen LogP contribution in [0.15, 0.2) is 60.9 Å². The van der Waals surface area contributed by atoms with E-state index in [9.17, 15) is 0 Å². The standard InChI is InChI=1S/C12H13B.C11H17N/c13-8-7-10-5-6-11-3-1-2-4-12(11)9-10;1-8(2)10-5-11(9(3)4)7-12-6-10/h1-6,9H,7-8,13H2;5-9H,1-4H3. The van der Waals surface area contributed by atoms with E-state index in [1.807, 2.05) is 12.4 Å². The van der Waals surface area contributed by atoms with Gasteiger partial charge in [0.2, 0.25) is 0 Å². The minimum absolute atomic E-state index is 0.580. The Morgan fingerprint density at radius 2 is 1.40 bits per heavy atom. The molecular formula is C23H30BN. The van der Waals surface area contributed by atoms with E-state index < -0.39 is 0 Å². The van der Waals surface area contributed by atoms with Crippen molar-refractivity contribution in [1.29, 1.82) is 0 Å². The van der Waals surface area contributed by atoms with Gasteiger partial charge in [-0.3, -0.25) is 4.98 Å². The smallest absolute Gasteiger partial charge is 0.101 e. The lowest BCUT2D eigenvalue weighted by molar-refractivity contribution is 0.820. The van der Waals surface area contributed by atoms with Crippen molar-refractivity contribution in [2.24, 2.45) is 0 Å². The van der Waals surface area contributed by atoms with E-state index >= 15 is 0 Å². The molecule has 3 rings (SSSR count). The zero-order valence-corrected chi connectivity index (χ0v) is 16.3. The van der Waals surface area contributed by atoms with Gasteiger partial charge in [-0.05, 0) is 45.7 Å². The Hall–Kier alpha value is -2.09. The predicted molar refractivity (Wildman–Crippen MR) is 113 cm³/mol. The van der Waals surface area contributed by atoms with Gasteiger partial charge < -0.3 is 0 Å². The maximum absolute atomic E-state index is 4.23. The van der Waals surface area contributed by atoms with Crippen LogP contribution in [0.1, 0.15) is 56.2 Å². The van der Waals surface area contributed by atoms with Crippen LogP contribution in [-0.2, 0) is 6.42 Å². The number of nitrogens with zero attached hydrogens (tertiary/aromatic N) is 1. The molecule has 0 spiro atoms. The molecule has 1 heterocycles. The van der Waals surface area contributed by atoms with E-state index in [4.69, 9.17) is 0 Å². The van der Waals surface area contributed by atoms with Gasteiger partial charge >= 0.3 is 0 Å². The summed E-state index contributed by atoms with van der Waals surface area (Å²) < 4.78 is 0. The first-order valence-corrected chi connectivity index (χ1v) is 9.43. The maximum atomic E-state index is 4.23. The van der Waals surface area contributed by atoms with Gasteiger partial charge in [0.05, 0.1) is 0 Å². The molecule has 0 unspecified atom stereocenters. The van der Waals surface area contributed by atoms with Crippen LogP contribution in [0, 0.1) is 0 Å². The lowest BCUT2D eigenvalue weighted by atomic mass is 9.96. The fourth-order valence-electron chi connectivity index (χ4n) is 2.79. The number of pyridine rings is 1. The Morgan fingerprint density at radius 3 is 1.96 bits per heavy atom. The van der Waals surface area contributed by atoms with Crippen LogP contribution in [0.2, 0.25) is 6.32 Å². The topological polar surface area (TPSA) is 12.9 Å². The molecule has 0 fully saturated rings. The molecule has 3 aromatic rings. The van der Waals surface area contributed by atoms with Gasteiger partial charge in [0, 0.05) is 12.4 Å². The molecule has 0 bridgehead atoms. The quantitative estimate of drug-likeness (QED) is 0.554. The monoisotopic (exact) mass is 331 g/mol. The summed E-state index contributed by atoms with van der Waals surface area (Å²) in [7, 11) is 2.22. The number of aromatic nitrogens is 1. The molecule has 130 valence electrons. The summed E-state index contributed by atoms with van der Waals surface area (Å²) in [5, 5.41) is 2.69. The van der Waals surface area contributed by atoms with Crippen LogP contribution in [0.3, 0.4) is 0 Å². The van der Waals surface area contributed by atoms with Gasteiger partial charge in [-0.1, -0.05) is 82.5 Å². The fraction of sp³-hybridized carbons (Fsp3) is 0.348. The average molecular weight is 331 g/mol. The lowest BCUT2D eigenvalue weighted by Crippen LogP contribution is -1.94. The van der Waals surface area contributed by atoms with E-state index in [1.54, 1.807) is 0 Å². The van der Waals surface area contributed by atoms with Crippen molar-refractivity contribution < 1.29 is 0 Å². The first-order chi connectivity index (χ1) is 12.0. The van der Waals surface area contributed by atoms with Crippen molar-refractivity contribution in [2.75, 3.05) is 0 Å². The Bertz CT molecular complexity index is 769. The molecule has 2 aromatic carbocycles. The third-order valence-corrected chi connectivity index (χ3v) is 4.47. The molecule has 0 aliphatic carbocycles. The summed E-state index contributed by atoms with van der Waals surface area (Å²) in [6.45, 7) is 8.78. The molecule has 0 radical (unpaired) electrons. The molecule has 1 aromatic heterocycles. The molecule has 0 aliphatic rings. The highest BCUT2D eigenvalue weighted by Crippen LogP contribution is 2.19. The van der Waals surface area contributed by atoms with Crippen molar-refractivity contribution >= 4 is 18.6 Å². The molecular weight excluding hydrogens is 301 g/mol. The van der Waals surface area contributed by atoms with Crippen LogP contribution in [0.5, 0.6) is 0 Å². The predicted octanol–water partition coefficient (Wildman–Crippen LogP) is 5.76. The van der Waals surface area contributed by atoms with Crippen LogP contribution in [0.4, 0.5) is 0 Å². The second-order valence-electron chi connectivity index (χ2n) is 7.29. The van der Waals surface area contributed by atoms with Crippen LogP contribution < -0.4 is 0 Å². The van der Waals surface area contributed by atoms with E-state index in [2.05, 4.69) is 89.1 Å². The highest BCUT2D eigenvalue weighted by Gasteiger charge is 2.03. The largest absolute Gasteiger partial charge is 0.264 e. The molecule has 0 aliphatic heterocycles. The normalized spacial score (nSPS) is 10.8. The highest BCUT2D eigenvalue weighted by molar-refractivity contribution is 6.08. The van der Waals surface area contributed by atoms with Gasteiger partial charge in [0.15, 0.2) is 0 Å². The molecule has 0 saturated carbocycles. The summed E-state index contributed by atoms with van der Waals surface area (Å²) in [6.07, 6.45) is 6.32. The zero-order valence-electron chi connectivity index (χ0n) is 16.3. The Morgan fingerprint density at radius 1 is 0.800 bits per heavy atom. The lowest BCUT2D eigenvalue weighted by Gasteiger charge is -2.09. The average Bonchev–Trinajstić information content (AvgIpc) is 2.62. The number of hydrogen-bond acceptors (Lipinski definition) is 1. The molecule has 25 heavy (non-hydrogen) atoms. The third-order valence-electron chi connectivity index (χ3n) is 4.47. The summed E-state index contributed by atoms with van der Waals surface area (Å²) in [5.41, 5.74) is 4.11. The van der Waals surface area contributed by atoms with Crippen LogP contribution in [0.25, 0.3) is 10.8 Å². The zero-order chi connectivity index (χ0) is 18.2. The summed E-state index contributed by atoms with van der Waals surface area (Å²) >= 11 is 0. The molecule has 0 saturated heterocycles. The van der Waals surface area contributed by atoms with Crippen molar-refractivity contribution in [3.63, 3.8) is 0 Å².